The molecule has 0 heterocycles. The summed E-state index contributed by atoms with van der Waals surface area (Å²) in [5.74, 6) is 0.355. The van der Waals surface area contributed by atoms with Gasteiger partial charge in [-0.3, -0.25) is 9.59 Å². The Kier molecular flexibility index (Phi) is 8.14. The van der Waals surface area contributed by atoms with Crippen molar-refractivity contribution in [2.24, 2.45) is 28.7 Å². The highest BCUT2D eigenvalue weighted by molar-refractivity contribution is 5.77. The van der Waals surface area contributed by atoms with E-state index in [1.54, 1.807) is 0 Å². The molecule has 0 radical (unpaired) electrons. The summed E-state index contributed by atoms with van der Waals surface area (Å²) in [4.78, 5) is 26.3. The highest BCUT2D eigenvalue weighted by Crippen LogP contribution is 2.49. The number of carbonyl (C=O) groups is 2. The van der Waals surface area contributed by atoms with Crippen LogP contribution in [-0.4, -0.2) is 36.2 Å². The molecular weight excluding hydrogens is 404 g/mol. The third-order valence-corrected chi connectivity index (χ3v) is 8.96. The van der Waals surface area contributed by atoms with Gasteiger partial charge in [-0.15, -0.1) is 0 Å². The summed E-state index contributed by atoms with van der Waals surface area (Å²) < 4.78 is 12.1. The summed E-state index contributed by atoms with van der Waals surface area (Å²) in [7, 11) is 0. The van der Waals surface area contributed by atoms with Crippen LogP contribution in [0.15, 0.2) is 0 Å². The Morgan fingerprint density at radius 1 is 0.656 bits per heavy atom. The molecule has 4 saturated carbocycles. The maximum absolute atomic E-state index is 13.6. The Labute approximate surface area is 193 Å². The molecule has 182 valence electrons. The van der Waals surface area contributed by atoms with Gasteiger partial charge in [-0.2, -0.15) is 0 Å². The van der Waals surface area contributed by atoms with E-state index in [4.69, 9.17) is 20.9 Å². The lowest BCUT2D eigenvalue weighted by Gasteiger charge is -2.45. The summed E-state index contributed by atoms with van der Waals surface area (Å²) in [5.41, 5.74) is 11.8. The maximum Gasteiger partial charge on any atom is 0.312 e. The van der Waals surface area contributed by atoms with Gasteiger partial charge in [0, 0.05) is 18.5 Å². The molecule has 6 heteroatoms. The Morgan fingerprint density at radius 2 is 1.25 bits per heavy atom. The first-order valence-electron chi connectivity index (χ1n) is 13.4. The third kappa shape index (κ3) is 5.67. The zero-order chi connectivity index (χ0) is 22.6. The summed E-state index contributed by atoms with van der Waals surface area (Å²) in [6.07, 6.45) is 16.1. The number of rotatable bonds is 5. The van der Waals surface area contributed by atoms with E-state index in [9.17, 15) is 9.59 Å². The van der Waals surface area contributed by atoms with Crippen molar-refractivity contribution in [3.63, 3.8) is 0 Å². The second-order valence-electron chi connectivity index (χ2n) is 11.2. The second kappa shape index (κ2) is 10.9. The maximum atomic E-state index is 13.6. The van der Waals surface area contributed by atoms with Crippen LogP contribution in [0.3, 0.4) is 0 Å². The van der Waals surface area contributed by atoms with E-state index in [-0.39, 0.29) is 47.6 Å². The average molecular weight is 449 g/mol. The molecule has 0 aromatic heterocycles. The quantitative estimate of drug-likeness (QED) is 0.605. The van der Waals surface area contributed by atoms with Gasteiger partial charge >= 0.3 is 11.9 Å². The Balaban J connectivity index is 1.33. The Bertz CT molecular complexity index is 632. The summed E-state index contributed by atoms with van der Waals surface area (Å²) in [6.45, 7) is 0. The second-order valence-corrected chi connectivity index (χ2v) is 11.2. The smallest absolute Gasteiger partial charge is 0.312 e. The van der Waals surface area contributed by atoms with Crippen molar-refractivity contribution in [1.82, 2.24) is 0 Å². The predicted molar refractivity (Wildman–Crippen MR) is 124 cm³/mol. The third-order valence-electron chi connectivity index (χ3n) is 8.96. The SMILES string of the molecule is NC1CCC(C(=O)OC2CCCC(OC(=O)C3(C4CCCCC4)CCC(N)CC3)C2)CC1. The van der Waals surface area contributed by atoms with Crippen molar-refractivity contribution in [1.29, 1.82) is 0 Å². The monoisotopic (exact) mass is 448 g/mol. The van der Waals surface area contributed by atoms with Gasteiger partial charge in [-0.1, -0.05) is 19.3 Å². The van der Waals surface area contributed by atoms with Crippen LogP contribution in [0.5, 0.6) is 0 Å². The van der Waals surface area contributed by atoms with Crippen LogP contribution < -0.4 is 11.5 Å². The van der Waals surface area contributed by atoms with Gasteiger partial charge in [0.15, 0.2) is 0 Å². The van der Waals surface area contributed by atoms with Gasteiger partial charge in [-0.05, 0) is 89.4 Å². The van der Waals surface area contributed by atoms with Crippen LogP contribution in [0, 0.1) is 17.3 Å². The molecule has 0 saturated heterocycles. The first-order chi connectivity index (χ1) is 15.5. The lowest BCUT2D eigenvalue weighted by molar-refractivity contribution is -0.175. The molecule has 0 spiro atoms. The predicted octanol–water partition coefficient (Wildman–Crippen LogP) is 4.37. The molecule has 4 aliphatic carbocycles. The Morgan fingerprint density at radius 3 is 1.91 bits per heavy atom. The summed E-state index contributed by atoms with van der Waals surface area (Å²) in [5, 5.41) is 0. The van der Waals surface area contributed by atoms with Crippen molar-refractivity contribution in [2.45, 2.75) is 133 Å². The van der Waals surface area contributed by atoms with Gasteiger partial charge in [0.25, 0.3) is 0 Å². The van der Waals surface area contributed by atoms with E-state index in [1.165, 1.54) is 19.3 Å². The van der Waals surface area contributed by atoms with Gasteiger partial charge in [0.1, 0.15) is 12.2 Å². The number of nitrogens with two attached hydrogens (primary N) is 2. The minimum Gasteiger partial charge on any atom is -0.462 e. The van der Waals surface area contributed by atoms with Crippen LogP contribution in [-0.2, 0) is 19.1 Å². The number of ether oxygens (including phenoxy) is 2. The lowest BCUT2D eigenvalue weighted by atomic mass is 9.61. The zero-order valence-electron chi connectivity index (χ0n) is 19.8. The highest BCUT2D eigenvalue weighted by atomic mass is 16.6. The summed E-state index contributed by atoms with van der Waals surface area (Å²) >= 11 is 0. The topological polar surface area (TPSA) is 105 Å². The largest absolute Gasteiger partial charge is 0.462 e. The molecule has 2 atom stereocenters. The number of hydrogen-bond acceptors (Lipinski definition) is 6. The highest BCUT2D eigenvalue weighted by Gasteiger charge is 2.49. The molecule has 6 nitrogen and oxygen atoms in total. The molecule has 4 fully saturated rings. The molecule has 0 aliphatic heterocycles. The van der Waals surface area contributed by atoms with Crippen molar-refractivity contribution in [2.75, 3.05) is 0 Å². The molecule has 0 amide bonds. The van der Waals surface area contributed by atoms with E-state index in [1.807, 2.05) is 0 Å². The zero-order valence-corrected chi connectivity index (χ0v) is 19.8. The van der Waals surface area contributed by atoms with Crippen LogP contribution in [0.4, 0.5) is 0 Å². The molecule has 32 heavy (non-hydrogen) atoms. The van der Waals surface area contributed by atoms with Gasteiger partial charge in [-0.25, -0.2) is 0 Å². The van der Waals surface area contributed by atoms with E-state index in [0.29, 0.717) is 12.3 Å². The molecule has 0 aromatic rings. The molecule has 0 bridgehead atoms. The first kappa shape index (κ1) is 24.0. The van der Waals surface area contributed by atoms with Gasteiger partial charge in [0.05, 0.1) is 11.3 Å². The fourth-order valence-corrected chi connectivity index (χ4v) is 6.79. The standard InChI is InChI=1S/C26H44N2O4/c27-20-11-9-18(10-12-20)24(29)31-22-7-4-8-23(17-22)32-25(30)26(15-13-21(28)14-16-26)19-5-2-1-3-6-19/h18-23H,1-17,27-28H2. The van der Waals surface area contributed by atoms with Crippen molar-refractivity contribution in [3.8, 4) is 0 Å². The minimum absolute atomic E-state index is 0.00884. The molecule has 4 N–H and O–H groups in total. The van der Waals surface area contributed by atoms with Crippen LogP contribution in [0.1, 0.15) is 109 Å². The molecular formula is C26H44N2O4. The normalized spacial score (nSPS) is 39.2. The van der Waals surface area contributed by atoms with Crippen molar-refractivity contribution >= 4 is 11.9 Å². The van der Waals surface area contributed by atoms with Gasteiger partial charge < -0.3 is 20.9 Å². The number of hydrogen-bond donors (Lipinski definition) is 2. The van der Waals surface area contributed by atoms with E-state index in [2.05, 4.69) is 0 Å². The van der Waals surface area contributed by atoms with Crippen molar-refractivity contribution < 1.29 is 19.1 Å². The Hall–Kier alpha value is -1.14. The first-order valence-corrected chi connectivity index (χ1v) is 13.4. The lowest BCUT2D eigenvalue weighted by Crippen LogP contribution is -2.47. The van der Waals surface area contributed by atoms with Gasteiger partial charge in [0.2, 0.25) is 0 Å². The number of esters is 2. The minimum atomic E-state index is -0.346. The van der Waals surface area contributed by atoms with E-state index >= 15 is 0 Å². The van der Waals surface area contributed by atoms with E-state index in [0.717, 1.165) is 83.5 Å². The van der Waals surface area contributed by atoms with Crippen LogP contribution in [0.25, 0.3) is 0 Å². The molecule has 2 unspecified atom stereocenters. The van der Waals surface area contributed by atoms with Crippen LogP contribution in [0.2, 0.25) is 0 Å². The van der Waals surface area contributed by atoms with Crippen LogP contribution >= 0.6 is 0 Å². The fourth-order valence-electron chi connectivity index (χ4n) is 6.79. The summed E-state index contributed by atoms with van der Waals surface area (Å²) in [6, 6.07) is 0.440. The molecule has 0 aromatic carbocycles. The average Bonchev–Trinajstić information content (AvgIpc) is 2.81. The van der Waals surface area contributed by atoms with Crippen molar-refractivity contribution in [3.05, 3.63) is 0 Å². The molecule has 4 aliphatic rings. The van der Waals surface area contributed by atoms with E-state index < -0.39 is 0 Å². The number of carbonyl (C=O) groups excluding carboxylic acids is 2. The fraction of sp³-hybridized carbons (Fsp3) is 0.923. The molecule has 4 rings (SSSR count).